The molecule has 1 atom stereocenters. The lowest BCUT2D eigenvalue weighted by atomic mass is 10.1. The second-order valence-corrected chi connectivity index (χ2v) is 6.50. The third-order valence-electron chi connectivity index (χ3n) is 4.23. The minimum Gasteiger partial charge on any atom is -0.349 e. The van der Waals surface area contributed by atoms with Crippen LogP contribution in [0.5, 0.6) is 0 Å². The normalized spacial score (nSPS) is 12.3. The molecule has 0 spiro atoms. The number of hydrogen-bond donors (Lipinski definition) is 1. The first kappa shape index (κ1) is 17.4. The first-order valence-corrected chi connectivity index (χ1v) is 8.48. The molecule has 3 aromatic rings. The van der Waals surface area contributed by atoms with Gasteiger partial charge in [-0.2, -0.15) is 0 Å². The second-order valence-electron chi connectivity index (χ2n) is 6.09. The van der Waals surface area contributed by atoms with Crippen molar-refractivity contribution >= 4 is 28.3 Å². The molecule has 1 N–H and O–H groups in total. The number of carbonyl (C=O) groups is 1. The maximum Gasteiger partial charge on any atom is 0.270 e. The average Bonchev–Trinajstić information content (AvgIpc) is 2.62. The van der Waals surface area contributed by atoms with Crippen molar-refractivity contribution < 1.29 is 4.79 Å². The quantitative estimate of drug-likeness (QED) is 0.756. The monoisotopic (exact) mass is 353 g/mol. The second kappa shape index (κ2) is 7.64. The number of pyridine rings is 1. The van der Waals surface area contributed by atoms with Gasteiger partial charge in [0.2, 0.25) is 0 Å². The van der Waals surface area contributed by atoms with Crippen LogP contribution in [0.25, 0.3) is 10.8 Å². The van der Waals surface area contributed by atoms with Gasteiger partial charge in [-0.25, -0.2) is 0 Å². The highest BCUT2D eigenvalue weighted by Gasteiger charge is 2.19. The predicted octanol–water partition coefficient (Wildman–Crippen LogP) is 3.92. The van der Waals surface area contributed by atoms with Crippen molar-refractivity contribution in [1.82, 2.24) is 15.2 Å². The number of halogens is 1. The summed E-state index contributed by atoms with van der Waals surface area (Å²) < 4.78 is 0. The van der Waals surface area contributed by atoms with Crippen LogP contribution in [-0.2, 0) is 0 Å². The molecule has 0 saturated carbocycles. The topological polar surface area (TPSA) is 45.2 Å². The number of hydrogen-bond acceptors (Lipinski definition) is 3. The van der Waals surface area contributed by atoms with Crippen LogP contribution >= 0.6 is 11.6 Å². The Morgan fingerprint density at radius 3 is 2.60 bits per heavy atom. The Morgan fingerprint density at radius 2 is 1.84 bits per heavy atom. The van der Waals surface area contributed by atoms with E-state index in [0.29, 0.717) is 17.3 Å². The van der Waals surface area contributed by atoms with Crippen LogP contribution in [0.3, 0.4) is 0 Å². The fourth-order valence-electron chi connectivity index (χ4n) is 2.89. The Balaban J connectivity index is 1.81. The summed E-state index contributed by atoms with van der Waals surface area (Å²) in [4.78, 5) is 19.0. The zero-order chi connectivity index (χ0) is 17.8. The van der Waals surface area contributed by atoms with E-state index >= 15 is 0 Å². The van der Waals surface area contributed by atoms with Crippen molar-refractivity contribution in [3.63, 3.8) is 0 Å². The molecule has 0 fully saturated rings. The molecule has 0 bridgehead atoms. The highest BCUT2D eigenvalue weighted by molar-refractivity contribution is 6.31. The van der Waals surface area contributed by atoms with Crippen LogP contribution in [0.1, 0.15) is 22.1 Å². The number of amides is 1. The molecule has 128 valence electrons. The Hall–Kier alpha value is -2.43. The number of rotatable bonds is 5. The zero-order valence-corrected chi connectivity index (χ0v) is 15.0. The third-order valence-corrected chi connectivity index (χ3v) is 4.58. The molecule has 1 unspecified atom stereocenters. The number of likely N-dealkylation sites (N-methyl/N-ethyl adjacent to an activating group) is 1. The first-order valence-electron chi connectivity index (χ1n) is 8.10. The summed E-state index contributed by atoms with van der Waals surface area (Å²) in [6.45, 7) is 0.445. The molecule has 0 radical (unpaired) electrons. The predicted molar refractivity (Wildman–Crippen MR) is 102 cm³/mol. The van der Waals surface area contributed by atoms with E-state index in [9.17, 15) is 4.79 Å². The van der Waals surface area contributed by atoms with E-state index in [1.54, 1.807) is 6.20 Å². The van der Waals surface area contributed by atoms with Crippen molar-refractivity contribution in [3.8, 4) is 0 Å². The van der Waals surface area contributed by atoms with Crippen LogP contribution in [0.2, 0.25) is 5.02 Å². The number of benzene rings is 2. The summed E-state index contributed by atoms with van der Waals surface area (Å²) in [7, 11) is 3.94. The van der Waals surface area contributed by atoms with Crippen LogP contribution in [0, 0.1) is 0 Å². The molecule has 2 aromatic carbocycles. The Bertz CT molecular complexity index is 890. The van der Waals surface area contributed by atoms with Crippen molar-refractivity contribution in [2.24, 2.45) is 0 Å². The molecule has 3 rings (SSSR count). The fraction of sp³-hybridized carbons (Fsp3) is 0.200. The lowest BCUT2D eigenvalue weighted by Crippen LogP contribution is -2.35. The van der Waals surface area contributed by atoms with Gasteiger partial charge in [-0.05, 0) is 37.2 Å². The zero-order valence-electron chi connectivity index (χ0n) is 14.2. The van der Waals surface area contributed by atoms with Gasteiger partial charge in [0.05, 0.1) is 6.04 Å². The summed E-state index contributed by atoms with van der Waals surface area (Å²) in [5.74, 6) is -0.185. The highest BCUT2D eigenvalue weighted by Crippen LogP contribution is 2.25. The largest absolute Gasteiger partial charge is 0.349 e. The molecule has 1 heterocycles. The minimum absolute atomic E-state index is 0.0207. The van der Waals surface area contributed by atoms with Gasteiger partial charge in [-0.3, -0.25) is 9.78 Å². The number of nitrogens with zero attached hydrogens (tertiary/aromatic N) is 2. The van der Waals surface area contributed by atoms with Crippen molar-refractivity contribution in [2.45, 2.75) is 6.04 Å². The lowest BCUT2D eigenvalue weighted by molar-refractivity contribution is 0.0939. The van der Waals surface area contributed by atoms with E-state index in [2.05, 4.69) is 10.3 Å². The van der Waals surface area contributed by atoms with Crippen LogP contribution in [0.4, 0.5) is 0 Å². The molecule has 25 heavy (non-hydrogen) atoms. The number of aromatic nitrogens is 1. The number of nitrogens with one attached hydrogen (secondary N) is 1. The van der Waals surface area contributed by atoms with Gasteiger partial charge < -0.3 is 10.2 Å². The van der Waals surface area contributed by atoms with Crippen LogP contribution in [-0.4, -0.2) is 36.4 Å². The fourth-order valence-corrected chi connectivity index (χ4v) is 3.15. The standard InChI is InChI=1S/C20H20ClN3O/c1-24(2)18(16-9-5-6-10-17(16)21)13-23-20(25)19-15-8-4-3-7-14(15)11-12-22-19/h3-12,18H,13H2,1-2H3,(H,23,25). The average molecular weight is 354 g/mol. The van der Waals surface area contributed by atoms with Gasteiger partial charge in [-0.15, -0.1) is 0 Å². The van der Waals surface area contributed by atoms with Gasteiger partial charge in [0, 0.05) is 23.2 Å². The van der Waals surface area contributed by atoms with E-state index < -0.39 is 0 Å². The molecule has 0 saturated heterocycles. The minimum atomic E-state index is -0.185. The number of carbonyl (C=O) groups excluding carboxylic acids is 1. The van der Waals surface area contributed by atoms with Gasteiger partial charge >= 0.3 is 0 Å². The third kappa shape index (κ3) is 3.81. The molecule has 0 aliphatic rings. The molecule has 0 aliphatic heterocycles. The van der Waals surface area contributed by atoms with Gasteiger partial charge in [0.25, 0.3) is 5.91 Å². The van der Waals surface area contributed by atoms with Gasteiger partial charge in [-0.1, -0.05) is 54.1 Å². The van der Waals surface area contributed by atoms with Crippen LogP contribution in [0.15, 0.2) is 60.8 Å². The van der Waals surface area contributed by atoms with Crippen LogP contribution < -0.4 is 5.32 Å². The smallest absolute Gasteiger partial charge is 0.270 e. The summed E-state index contributed by atoms with van der Waals surface area (Å²) in [6, 6.07) is 17.3. The molecule has 1 aromatic heterocycles. The number of fused-ring (bicyclic) bond motifs is 1. The van der Waals surface area contributed by atoms with Gasteiger partial charge in [0.1, 0.15) is 5.69 Å². The summed E-state index contributed by atoms with van der Waals surface area (Å²) in [5.41, 5.74) is 1.43. The molecule has 4 nitrogen and oxygen atoms in total. The molecule has 1 amide bonds. The Kier molecular flexibility index (Phi) is 5.31. The summed E-state index contributed by atoms with van der Waals surface area (Å²) in [5, 5.41) is 5.54. The molecule has 5 heteroatoms. The first-order chi connectivity index (χ1) is 12.1. The Morgan fingerprint density at radius 1 is 1.12 bits per heavy atom. The van der Waals surface area contributed by atoms with Crippen molar-refractivity contribution in [3.05, 3.63) is 77.1 Å². The van der Waals surface area contributed by atoms with E-state index in [0.717, 1.165) is 16.3 Å². The maximum absolute atomic E-state index is 12.7. The lowest BCUT2D eigenvalue weighted by Gasteiger charge is -2.26. The van der Waals surface area contributed by atoms with Crippen molar-refractivity contribution in [2.75, 3.05) is 20.6 Å². The highest BCUT2D eigenvalue weighted by atomic mass is 35.5. The van der Waals surface area contributed by atoms with E-state index in [4.69, 9.17) is 11.6 Å². The van der Waals surface area contributed by atoms with Crippen molar-refractivity contribution in [1.29, 1.82) is 0 Å². The van der Waals surface area contributed by atoms with Gasteiger partial charge in [0.15, 0.2) is 0 Å². The molecule has 0 aliphatic carbocycles. The maximum atomic E-state index is 12.7. The van der Waals surface area contributed by atoms with E-state index in [-0.39, 0.29) is 11.9 Å². The molecular weight excluding hydrogens is 334 g/mol. The summed E-state index contributed by atoms with van der Waals surface area (Å²) >= 11 is 6.32. The summed E-state index contributed by atoms with van der Waals surface area (Å²) in [6.07, 6.45) is 1.66. The SMILES string of the molecule is CN(C)C(CNC(=O)c1nccc2ccccc12)c1ccccc1Cl. The van der Waals surface area contributed by atoms with E-state index in [1.165, 1.54) is 0 Å². The Labute approximate surface area is 152 Å². The molecular formula is C20H20ClN3O. The van der Waals surface area contributed by atoms with E-state index in [1.807, 2.05) is 73.6 Å².